The summed E-state index contributed by atoms with van der Waals surface area (Å²) in [7, 11) is 0. The number of hydrogen-bond donors (Lipinski definition) is 0. The Morgan fingerprint density at radius 1 is 1.70 bits per heavy atom. The van der Waals surface area contributed by atoms with Crippen LogP contribution in [0.25, 0.3) is 0 Å². The molecule has 0 unspecified atom stereocenters. The van der Waals surface area contributed by atoms with Crippen LogP contribution in [0.5, 0.6) is 0 Å². The molecule has 1 saturated heterocycles. The highest BCUT2D eigenvalue weighted by Crippen LogP contribution is 2.31. The maximum absolute atomic E-state index is 10.9. The number of rotatable bonds is 1. The van der Waals surface area contributed by atoms with Crippen molar-refractivity contribution in [2.24, 2.45) is 0 Å². The monoisotopic (exact) mass is 143 g/mol. The van der Waals surface area contributed by atoms with E-state index in [4.69, 9.17) is 4.74 Å². The van der Waals surface area contributed by atoms with E-state index >= 15 is 0 Å². The quantitative estimate of drug-likeness (QED) is 0.517. The van der Waals surface area contributed by atoms with Crippen molar-refractivity contribution in [3.8, 4) is 0 Å². The van der Waals surface area contributed by atoms with Gasteiger partial charge in [0, 0.05) is 6.54 Å². The molecule has 0 aliphatic carbocycles. The summed E-state index contributed by atoms with van der Waals surface area (Å²) in [5, 5.41) is 0. The Morgan fingerprint density at radius 3 is 2.50 bits per heavy atom. The third kappa shape index (κ3) is 1.23. The molecule has 3 nitrogen and oxygen atoms in total. The topological polar surface area (TPSA) is 29.3 Å². The molecule has 1 aliphatic rings. The highest BCUT2D eigenvalue weighted by Gasteiger charge is 2.47. The fourth-order valence-corrected chi connectivity index (χ4v) is 0.865. The van der Waals surface area contributed by atoms with Crippen LogP contribution in [0.3, 0.4) is 0 Å². The van der Waals surface area contributed by atoms with Crippen molar-refractivity contribution in [3.63, 3.8) is 0 Å². The molecule has 1 heterocycles. The molecule has 1 fully saturated rings. The lowest BCUT2D eigenvalue weighted by molar-refractivity contribution is 0.131. The second-order valence-corrected chi connectivity index (χ2v) is 3.10. The first-order valence-electron chi connectivity index (χ1n) is 3.52. The highest BCUT2D eigenvalue weighted by molar-refractivity contribution is 5.72. The van der Waals surface area contributed by atoms with Gasteiger partial charge in [0.15, 0.2) is 0 Å². The predicted molar refractivity (Wildman–Crippen MR) is 37.8 cm³/mol. The van der Waals surface area contributed by atoms with Crippen molar-refractivity contribution in [1.82, 2.24) is 4.90 Å². The van der Waals surface area contributed by atoms with Gasteiger partial charge in [0.05, 0.1) is 12.1 Å². The summed E-state index contributed by atoms with van der Waals surface area (Å²) >= 11 is 0. The Bertz CT molecular complexity index is 154. The Morgan fingerprint density at radius 2 is 2.20 bits per heavy atom. The summed E-state index contributed by atoms with van der Waals surface area (Å²) in [5.41, 5.74) is 0.0479. The fourth-order valence-electron chi connectivity index (χ4n) is 0.865. The first kappa shape index (κ1) is 7.38. The van der Waals surface area contributed by atoms with Crippen molar-refractivity contribution in [3.05, 3.63) is 0 Å². The zero-order valence-corrected chi connectivity index (χ0v) is 6.68. The van der Waals surface area contributed by atoms with Crippen molar-refractivity contribution in [1.29, 1.82) is 0 Å². The molecule has 10 heavy (non-hydrogen) atoms. The summed E-state index contributed by atoms with van der Waals surface area (Å²) in [6.45, 7) is 7.14. The van der Waals surface area contributed by atoms with Gasteiger partial charge in [-0.1, -0.05) is 0 Å². The van der Waals surface area contributed by atoms with E-state index in [0.29, 0.717) is 6.61 Å². The second kappa shape index (κ2) is 2.15. The summed E-state index contributed by atoms with van der Waals surface area (Å²) in [5.74, 6) is 0. The van der Waals surface area contributed by atoms with E-state index in [2.05, 4.69) is 0 Å². The van der Waals surface area contributed by atoms with E-state index in [1.165, 1.54) is 0 Å². The van der Waals surface area contributed by atoms with Crippen molar-refractivity contribution >= 4 is 6.09 Å². The van der Waals surface area contributed by atoms with E-state index in [-0.39, 0.29) is 11.6 Å². The zero-order chi connectivity index (χ0) is 7.78. The number of carbonyl (C=O) groups is 1. The fraction of sp³-hybridized carbons (Fsp3) is 0.857. The molecule has 58 valence electrons. The van der Waals surface area contributed by atoms with Crippen LogP contribution in [-0.2, 0) is 4.74 Å². The first-order chi connectivity index (χ1) is 4.58. The Hall–Kier alpha value is -0.730. The van der Waals surface area contributed by atoms with E-state index < -0.39 is 0 Å². The normalized spacial score (nSPS) is 20.5. The average Bonchev–Trinajstić information content (AvgIpc) is 2.41. The summed E-state index contributed by atoms with van der Waals surface area (Å²) in [6, 6.07) is 0. The van der Waals surface area contributed by atoms with Gasteiger partial charge in [0.25, 0.3) is 0 Å². The van der Waals surface area contributed by atoms with Crippen LogP contribution >= 0.6 is 0 Å². The van der Waals surface area contributed by atoms with Crippen LogP contribution in [0, 0.1) is 0 Å². The van der Waals surface area contributed by atoms with Gasteiger partial charge in [-0.15, -0.1) is 0 Å². The molecule has 0 saturated carbocycles. The Balaban J connectivity index is 2.33. The maximum atomic E-state index is 10.9. The Labute approximate surface area is 61.0 Å². The molecule has 0 N–H and O–H groups in total. The average molecular weight is 143 g/mol. The summed E-state index contributed by atoms with van der Waals surface area (Å²) < 4.78 is 4.79. The van der Waals surface area contributed by atoms with E-state index in [1.807, 2.05) is 20.8 Å². The van der Waals surface area contributed by atoms with E-state index in [1.54, 1.807) is 4.90 Å². The van der Waals surface area contributed by atoms with E-state index in [9.17, 15) is 4.79 Å². The molecule has 1 aliphatic heterocycles. The minimum absolute atomic E-state index is 0.0479. The molecule has 0 bridgehead atoms. The van der Waals surface area contributed by atoms with Crippen LogP contribution in [0.15, 0.2) is 0 Å². The highest BCUT2D eigenvalue weighted by atomic mass is 16.6. The minimum Gasteiger partial charge on any atom is -0.450 e. The number of hydrogen-bond acceptors (Lipinski definition) is 2. The largest absolute Gasteiger partial charge is 0.450 e. The van der Waals surface area contributed by atoms with E-state index in [0.717, 1.165) is 6.54 Å². The number of amides is 1. The standard InChI is InChI=1S/C7H13NO2/c1-4-10-6(9)8-5-7(8,2)3/h4-5H2,1-3H3. The predicted octanol–water partition coefficient (Wildman–Crippen LogP) is 1.24. The van der Waals surface area contributed by atoms with Gasteiger partial charge in [-0.3, -0.25) is 4.90 Å². The summed E-state index contributed by atoms with van der Waals surface area (Å²) in [4.78, 5) is 12.6. The molecular formula is C7H13NO2. The molecule has 0 aromatic carbocycles. The molecule has 1 amide bonds. The van der Waals surface area contributed by atoms with Gasteiger partial charge in [-0.05, 0) is 20.8 Å². The van der Waals surface area contributed by atoms with Crippen molar-refractivity contribution < 1.29 is 9.53 Å². The minimum atomic E-state index is -0.187. The molecule has 0 aromatic heterocycles. The maximum Gasteiger partial charge on any atom is 0.410 e. The number of carbonyl (C=O) groups excluding carboxylic acids is 1. The summed E-state index contributed by atoms with van der Waals surface area (Å²) in [6.07, 6.45) is -0.187. The van der Waals surface area contributed by atoms with Crippen LogP contribution in [0.2, 0.25) is 0 Å². The smallest absolute Gasteiger partial charge is 0.410 e. The molecule has 0 atom stereocenters. The first-order valence-corrected chi connectivity index (χ1v) is 3.52. The van der Waals surface area contributed by atoms with Gasteiger partial charge in [0.2, 0.25) is 0 Å². The molecule has 3 heteroatoms. The third-order valence-corrected chi connectivity index (χ3v) is 1.66. The van der Waals surface area contributed by atoms with Crippen molar-refractivity contribution in [2.45, 2.75) is 26.3 Å². The van der Waals surface area contributed by atoms with Gasteiger partial charge in [0.1, 0.15) is 0 Å². The van der Waals surface area contributed by atoms with Crippen LogP contribution < -0.4 is 0 Å². The number of ether oxygens (including phenoxy) is 1. The molecule has 1 rings (SSSR count). The van der Waals surface area contributed by atoms with Crippen LogP contribution in [0.1, 0.15) is 20.8 Å². The lowest BCUT2D eigenvalue weighted by Crippen LogP contribution is -2.18. The van der Waals surface area contributed by atoms with Gasteiger partial charge < -0.3 is 4.74 Å². The SMILES string of the molecule is CCOC(=O)N1CC1(C)C. The third-order valence-electron chi connectivity index (χ3n) is 1.66. The lowest BCUT2D eigenvalue weighted by atomic mass is 10.2. The molecule has 0 spiro atoms. The zero-order valence-electron chi connectivity index (χ0n) is 6.68. The van der Waals surface area contributed by atoms with Gasteiger partial charge in [-0.2, -0.15) is 0 Å². The van der Waals surface area contributed by atoms with Crippen LogP contribution in [0.4, 0.5) is 4.79 Å². The Kier molecular flexibility index (Phi) is 1.58. The van der Waals surface area contributed by atoms with Gasteiger partial charge in [-0.25, -0.2) is 4.79 Å². The number of nitrogens with zero attached hydrogens (tertiary/aromatic N) is 1. The van der Waals surface area contributed by atoms with Crippen LogP contribution in [-0.4, -0.2) is 29.7 Å². The molecule has 0 aromatic rings. The van der Waals surface area contributed by atoms with Crippen molar-refractivity contribution in [2.75, 3.05) is 13.2 Å². The molecule has 0 radical (unpaired) electrons. The lowest BCUT2D eigenvalue weighted by Gasteiger charge is -2.05. The second-order valence-electron chi connectivity index (χ2n) is 3.10. The van der Waals surface area contributed by atoms with Gasteiger partial charge >= 0.3 is 6.09 Å². The molecular weight excluding hydrogens is 130 g/mol.